The molecular weight excluding hydrogens is 94.0 g/mol. The van der Waals surface area contributed by atoms with Crippen molar-refractivity contribution < 1.29 is 12.6 Å². The topological polar surface area (TPSA) is 55.5 Å². The van der Waals surface area contributed by atoms with Gasteiger partial charge < -0.3 is 15.6 Å². The zero-order valence-corrected chi connectivity index (χ0v) is 3.85. The van der Waals surface area contributed by atoms with E-state index in [0.29, 0.717) is 0 Å². The zero-order chi connectivity index (χ0) is 7.12. The molecule has 0 amide bonds. The van der Waals surface area contributed by atoms with E-state index in [2.05, 4.69) is 4.74 Å². The van der Waals surface area contributed by atoms with E-state index in [9.17, 15) is 0 Å². The van der Waals surface area contributed by atoms with Gasteiger partial charge >= 0.3 is 0 Å². The summed E-state index contributed by atoms with van der Waals surface area (Å²) in [6.07, 6.45) is 0. The minimum absolute atomic E-state index is 0.00347. The molecule has 0 aromatic rings. The standard InChI is InChI=1S/C4H9NO2/c5-1-4(6)2-7-3-4/h6H,1-3,5H2/i1D2. The molecule has 1 aliphatic heterocycles. The first-order valence-corrected chi connectivity index (χ1v) is 2.05. The van der Waals surface area contributed by atoms with Crippen molar-refractivity contribution in [1.82, 2.24) is 0 Å². The van der Waals surface area contributed by atoms with Crippen LogP contribution in [-0.2, 0) is 4.74 Å². The monoisotopic (exact) mass is 105 g/mol. The third-order valence-electron chi connectivity index (χ3n) is 0.950. The third-order valence-corrected chi connectivity index (χ3v) is 0.950. The van der Waals surface area contributed by atoms with E-state index in [1.54, 1.807) is 0 Å². The molecule has 0 aromatic heterocycles. The first-order valence-electron chi connectivity index (χ1n) is 3.05. The van der Waals surface area contributed by atoms with Gasteiger partial charge in [0, 0.05) is 9.24 Å². The minimum Gasteiger partial charge on any atom is -0.384 e. The van der Waals surface area contributed by atoms with Crippen molar-refractivity contribution in [3.63, 3.8) is 0 Å². The quantitative estimate of drug-likeness (QED) is 0.436. The van der Waals surface area contributed by atoms with Crippen molar-refractivity contribution in [3.05, 3.63) is 0 Å². The maximum Gasteiger partial charge on any atom is 0.123 e. The van der Waals surface area contributed by atoms with Crippen molar-refractivity contribution in [1.29, 1.82) is 0 Å². The van der Waals surface area contributed by atoms with Gasteiger partial charge in [0.25, 0.3) is 0 Å². The van der Waals surface area contributed by atoms with E-state index in [0.717, 1.165) is 0 Å². The minimum atomic E-state index is -2.04. The zero-order valence-electron chi connectivity index (χ0n) is 5.85. The summed E-state index contributed by atoms with van der Waals surface area (Å²) in [5, 5.41) is 9.12. The van der Waals surface area contributed by atoms with Crippen LogP contribution in [0.15, 0.2) is 0 Å². The molecule has 0 aliphatic carbocycles. The molecule has 3 heteroatoms. The average Bonchev–Trinajstić information content (AvgIpc) is 1.57. The summed E-state index contributed by atoms with van der Waals surface area (Å²) in [5.41, 5.74) is 3.53. The smallest absolute Gasteiger partial charge is 0.123 e. The molecule has 0 atom stereocenters. The summed E-state index contributed by atoms with van der Waals surface area (Å²) >= 11 is 0. The van der Waals surface area contributed by atoms with E-state index in [1.165, 1.54) is 0 Å². The van der Waals surface area contributed by atoms with Crippen LogP contribution < -0.4 is 5.73 Å². The highest BCUT2D eigenvalue weighted by molar-refractivity contribution is 4.85. The second kappa shape index (κ2) is 1.43. The van der Waals surface area contributed by atoms with Crippen LogP contribution in [-0.4, -0.2) is 30.4 Å². The van der Waals surface area contributed by atoms with Gasteiger partial charge in [0.1, 0.15) is 5.60 Å². The lowest BCUT2D eigenvalue weighted by Crippen LogP contribution is -2.54. The number of hydrogen-bond donors (Lipinski definition) is 2. The normalized spacial score (nSPS) is 32.9. The van der Waals surface area contributed by atoms with Crippen molar-refractivity contribution >= 4 is 0 Å². The third kappa shape index (κ3) is 0.748. The van der Waals surface area contributed by atoms with Crippen LogP contribution in [0.3, 0.4) is 0 Å². The Morgan fingerprint density at radius 3 is 2.57 bits per heavy atom. The molecule has 3 N–H and O–H groups in total. The van der Waals surface area contributed by atoms with Crippen LogP contribution >= 0.6 is 0 Å². The molecule has 0 saturated carbocycles. The van der Waals surface area contributed by atoms with Crippen LogP contribution in [0.25, 0.3) is 0 Å². The highest BCUT2D eigenvalue weighted by Gasteiger charge is 2.33. The Labute approximate surface area is 44.9 Å². The molecule has 1 heterocycles. The van der Waals surface area contributed by atoms with Crippen LogP contribution in [0, 0.1) is 0 Å². The lowest BCUT2D eigenvalue weighted by atomic mass is 10.0. The van der Waals surface area contributed by atoms with Crippen molar-refractivity contribution in [2.24, 2.45) is 5.73 Å². The van der Waals surface area contributed by atoms with Crippen molar-refractivity contribution in [3.8, 4) is 0 Å². The maximum absolute atomic E-state index is 9.12. The number of nitrogens with two attached hydrogens (primary N) is 1. The highest BCUT2D eigenvalue weighted by Crippen LogP contribution is 2.13. The lowest BCUT2D eigenvalue weighted by Gasteiger charge is -2.34. The second-order valence-corrected chi connectivity index (χ2v) is 1.67. The highest BCUT2D eigenvalue weighted by atomic mass is 16.5. The summed E-state index contributed by atoms with van der Waals surface area (Å²) in [4.78, 5) is 0. The summed E-state index contributed by atoms with van der Waals surface area (Å²) in [6.45, 7) is -2.04. The van der Waals surface area contributed by atoms with Gasteiger partial charge in [0.05, 0.1) is 13.2 Å². The van der Waals surface area contributed by atoms with Crippen LogP contribution in [0.2, 0.25) is 0 Å². The predicted molar refractivity (Wildman–Crippen MR) is 24.8 cm³/mol. The SMILES string of the molecule is [2H]C([2H])(N)C1(O)COC1. The summed E-state index contributed by atoms with van der Waals surface area (Å²) in [6, 6.07) is 0. The van der Waals surface area contributed by atoms with Gasteiger partial charge in [-0.25, -0.2) is 0 Å². The van der Waals surface area contributed by atoms with Gasteiger partial charge in [0.15, 0.2) is 0 Å². The molecule has 0 aromatic carbocycles. The van der Waals surface area contributed by atoms with E-state index >= 15 is 0 Å². The van der Waals surface area contributed by atoms with Crippen LogP contribution in [0.4, 0.5) is 0 Å². The molecule has 1 fully saturated rings. The van der Waals surface area contributed by atoms with E-state index in [1.807, 2.05) is 0 Å². The number of hydrogen-bond acceptors (Lipinski definition) is 3. The Bertz CT molecular complexity index is 118. The molecule has 0 bridgehead atoms. The molecule has 0 unspecified atom stereocenters. The average molecular weight is 105 g/mol. The van der Waals surface area contributed by atoms with Crippen LogP contribution in [0.1, 0.15) is 2.74 Å². The Morgan fingerprint density at radius 2 is 2.57 bits per heavy atom. The van der Waals surface area contributed by atoms with Gasteiger partial charge in [0.2, 0.25) is 0 Å². The fourth-order valence-corrected chi connectivity index (χ4v) is 0.379. The largest absolute Gasteiger partial charge is 0.384 e. The van der Waals surface area contributed by atoms with Crippen LogP contribution in [0.5, 0.6) is 0 Å². The van der Waals surface area contributed by atoms with E-state index < -0.39 is 12.1 Å². The number of aliphatic hydroxyl groups is 1. The van der Waals surface area contributed by atoms with Crippen molar-refractivity contribution in [2.45, 2.75) is 5.60 Å². The maximum atomic E-state index is 9.12. The molecule has 1 saturated heterocycles. The fourth-order valence-electron chi connectivity index (χ4n) is 0.379. The summed E-state index contributed by atoms with van der Waals surface area (Å²) in [5.74, 6) is 0. The molecule has 1 rings (SSSR count). The summed E-state index contributed by atoms with van der Waals surface area (Å²) in [7, 11) is 0. The van der Waals surface area contributed by atoms with Gasteiger partial charge in [-0.3, -0.25) is 0 Å². The van der Waals surface area contributed by atoms with Crippen molar-refractivity contribution in [2.75, 3.05) is 19.7 Å². The lowest BCUT2D eigenvalue weighted by molar-refractivity contribution is -0.171. The molecule has 42 valence electrons. The molecule has 0 spiro atoms. The molecular formula is C4H9NO2. The van der Waals surface area contributed by atoms with E-state index in [-0.39, 0.29) is 13.2 Å². The van der Waals surface area contributed by atoms with Gasteiger partial charge in [-0.1, -0.05) is 0 Å². The molecule has 7 heavy (non-hydrogen) atoms. The first-order chi connectivity index (χ1) is 3.96. The van der Waals surface area contributed by atoms with Gasteiger partial charge in [-0.15, -0.1) is 0 Å². The van der Waals surface area contributed by atoms with E-state index in [4.69, 9.17) is 13.6 Å². The molecule has 3 nitrogen and oxygen atoms in total. The first kappa shape index (κ1) is 3.02. The van der Waals surface area contributed by atoms with Gasteiger partial charge in [-0.2, -0.15) is 0 Å². The number of rotatable bonds is 1. The Kier molecular flexibility index (Phi) is 0.618. The Balaban J connectivity index is 2.59. The van der Waals surface area contributed by atoms with Gasteiger partial charge in [-0.05, 0) is 0 Å². The molecule has 1 aliphatic rings. The predicted octanol–water partition coefficient (Wildman–Crippen LogP) is -1.29. The second-order valence-electron chi connectivity index (χ2n) is 1.67. The Hall–Kier alpha value is -0.120. The summed E-state index contributed by atoms with van der Waals surface area (Å²) < 4.78 is 18.4. The Morgan fingerprint density at radius 1 is 2.00 bits per heavy atom. The number of ether oxygens (including phenoxy) is 1. The fraction of sp³-hybridized carbons (Fsp3) is 1.00. The molecule has 0 radical (unpaired) electrons.